The Morgan fingerprint density at radius 3 is 2.48 bits per heavy atom. The fourth-order valence-corrected chi connectivity index (χ4v) is 6.46. The van der Waals surface area contributed by atoms with Crippen LogP contribution in [-0.4, -0.2) is 42.7 Å². The maximum absolute atomic E-state index is 13.3. The summed E-state index contributed by atoms with van der Waals surface area (Å²) in [4.78, 5) is 16.3. The van der Waals surface area contributed by atoms with E-state index < -0.39 is 10.0 Å². The molecule has 1 aromatic heterocycles. The van der Waals surface area contributed by atoms with Crippen molar-refractivity contribution in [3.8, 4) is 0 Å². The molecule has 29 heavy (non-hydrogen) atoms. The molecule has 2 aliphatic rings. The summed E-state index contributed by atoms with van der Waals surface area (Å²) < 4.78 is 28.0. The predicted molar refractivity (Wildman–Crippen MR) is 116 cm³/mol. The Balaban J connectivity index is 1.62. The van der Waals surface area contributed by atoms with Crippen molar-refractivity contribution in [1.29, 1.82) is 0 Å². The van der Waals surface area contributed by atoms with Crippen LogP contribution in [0.4, 0.5) is 0 Å². The molecule has 0 unspecified atom stereocenters. The van der Waals surface area contributed by atoms with E-state index in [-0.39, 0.29) is 21.9 Å². The number of amides is 1. The van der Waals surface area contributed by atoms with Gasteiger partial charge in [0.2, 0.25) is 10.0 Å². The predicted octanol–water partition coefficient (Wildman–Crippen LogP) is 4.77. The van der Waals surface area contributed by atoms with Gasteiger partial charge in [-0.3, -0.25) is 4.79 Å². The lowest BCUT2D eigenvalue weighted by Gasteiger charge is -2.23. The molecule has 2 heterocycles. The van der Waals surface area contributed by atoms with Gasteiger partial charge < -0.3 is 4.90 Å². The van der Waals surface area contributed by atoms with Crippen molar-refractivity contribution in [1.82, 2.24) is 9.21 Å². The number of carbonyl (C=O) groups is 1. The summed E-state index contributed by atoms with van der Waals surface area (Å²) in [7, 11) is -3.72. The van der Waals surface area contributed by atoms with Crippen molar-refractivity contribution < 1.29 is 13.2 Å². The van der Waals surface area contributed by atoms with Crippen LogP contribution in [-0.2, 0) is 16.6 Å². The molecule has 2 fully saturated rings. The molecule has 1 amide bonds. The lowest BCUT2D eigenvalue weighted by Crippen LogP contribution is -2.34. The molecule has 1 aliphatic heterocycles. The summed E-state index contributed by atoms with van der Waals surface area (Å²) in [6.45, 7) is 1.56. The lowest BCUT2D eigenvalue weighted by atomic mass is 10.2. The third-order valence-electron chi connectivity index (χ3n) is 5.52. The summed E-state index contributed by atoms with van der Waals surface area (Å²) in [5.41, 5.74) is 0.381. The van der Waals surface area contributed by atoms with Crippen LogP contribution in [0.15, 0.2) is 40.6 Å². The van der Waals surface area contributed by atoms with Crippen LogP contribution in [0.5, 0.6) is 0 Å². The molecule has 8 heteroatoms. The first-order valence-electron chi connectivity index (χ1n) is 10.1. The molecular weight excluding hydrogens is 428 g/mol. The summed E-state index contributed by atoms with van der Waals surface area (Å²) in [5, 5.41) is 2.17. The summed E-state index contributed by atoms with van der Waals surface area (Å²) in [6.07, 6.45) is 5.76. The van der Waals surface area contributed by atoms with Gasteiger partial charge in [-0.25, -0.2) is 8.42 Å². The zero-order valence-corrected chi connectivity index (χ0v) is 18.6. The first-order valence-corrected chi connectivity index (χ1v) is 12.8. The number of halogens is 1. The highest BCUT2D eigenvalue weighted by molar-refractivity contribution is 7.89. The van der Waals surface area contributed by atoms with E-state index in [1.54, 1.807) is 17.4 Å². The van der Waals surface area contributed by atoms with Crippen LogP contribution >= 0.6 is 22.9 Å². The first kappa shape index (κ1) is 20.8. The SMILES string of the molecule is O=C(c1ccc(Cl)c(S(=O)(=O)N2CCCCCC2)c1)N(Cc1cccs1)C1CC1. The molecule has 0 atom stereocenters. The summed E-state index contributed by atoms with van der Waals surface area (Å²) in [5.74, 6) is -0.134. The Bertz CT molecular complexity index is 964. The number of carbonyl (C=O) groups excluding carboxylic acids is 1. The highest BCUT2D eigenvalue weighted by atomic mass is 35.5. The van der Waals surface area contributed by atoms with Crippen LogP contribution in [0.3, 0.4) is 0 Å². The lowest BCUT2D eigenvalue weighted by molar-refractivity contribution is 0.0731. The van der Waals surface area contributed by atoms with Crippen LogP contribution in [0.1, 0.15) is 53.8 Å². The molecule has 0 radical (unpaired) electrons. The zero-order valence-electron chi connectivity index (χ0n) is 16.2. The van der Waals surface area contributed by atoms with Gasteiger partial charge in [-0.2, -0.15) is 4.31 Å². The largest absolute Gasteiger partial charge is 0.331 e. The fourth-order valence-electron chi connectivity index (χ4n) is 3.74. The summed E-state index contributed by atoms with van der Waals surface area (Å²) >= 11 is 7.91. The van der Waals surface area contributed by atoms with Crippen molar-refractivity contribution >= 4 is 38.9 Å². The molecule has 1 saturated heterocycles. The number of nitrogens with zero attached hydrogens (tertiary/aromatic N) is 2. The Hall–Kier alpha value is -1.41. The third kappa shape index (κ3) is 4.68. The average molecular weight is 453 g/mol. The highest BCUT2D eigenvalue weighted by Gasteiger charge is 2.34. The van der Waals surface area contributed by atoms with E-state index in [4.69, 9.17) is 11.6 Å². The minimum atomic E-state index is -3.72. The maximum atomic E-state index is 13.3. The molecule has 4 rings (SSSR count). The topological polar surface area (TPSA) is 57.7 Å². The van der Waals surface area contributed by atoms with Gasteiger partial charge in [-0.1, -0.05) is 30.5 Å². The molecule has 1 aromatic carbocycles. The zero-order chi connectivity index (χ0) is 20.4. The van der Waals surface area contributed by atoms with Gasteiger partial charge in [0.15, 0.2) is 0 Å². The molecule has 156 valence electrons. The van der Waals surface area contributed by atoms with Crippen molar-refractivity contribution in [3.05, 3.63) is 51.2 Å². The molecular formula is C21H25ClN2O3S2. The Labute approximate surface area is 181 Å². The van der Waals surface area contributed by atoms with Crippen LogP contribution < -0.4 is 0 Å². The normalized spacial score (nSPS) is 18.4. The maximum Gasteiger partial charge on any atom is 0.254 e. The number of benzene rings is 1. The van der Waals surface area contributed by atoms with E-state index in [1.165, 1.54) is 16.4 Å². The Morgan fingerprint density at radius 2 is 1.86 bits per heavy atom. The monoisotopic (exact) mass is 452 g/mol. The highest BCUT2D eigenvalue weighted by Crippen LogP contribution is 2.32. The molecule has 0 bridgehead atoms. The van der Waals surface area contributed by atoms with Gasteiger partial charge in [0.25, 0.3) is 5.91 Å². The van der Waals surface area contributed by atoms with E-state index in [0.717, 1.165) is 43.4 Å². The van der Waals surface area contributed by atoms with Gasteiger partial charge in [-0.15, -0.1) is 11.3 Å². The van der Waals surface area contributed by atoms with Crippen LogP contribution in [0.2, 0.25) is 5.02 Å². The second-order valence-electron chi connectivity index (χ2n) is 7.71. The number of hydrogen-bond acceptors (Lipinski definition) is 4. The van der Waals surface area contributed by atoms with Crippen molar-refractivity contribution in [3.63, 3.8) is 0 Å². The Kier molecular flexibility index (Phi) is 6.30. The second-order valence-corrected chi connectivity index (χ2v) is 11.1. The van der Waals surface area contributed by atoms with E-state index in [1.807, 2.05) is 22.4 Å². The van der Waals surface area contributed by atoms with E-state index in [2.05, 4.69) is 0 Å². The van der Waals surface area contributed by atoms with Gasteiger partial charge >= 0.3 is 0 Å². The smallest absolute Gasteiger partial charge is 0.254 e. The minimum absolute atomic E-state index is 0.0405. The van der Waals surface area contributed by atoms with Crippen LogP contribution in [0, 0.1) is 0 Å². The quantitative estimate of drug-likeness (QED) is 0.634. The Morgan fingerprint density at radius 1 is 1.14 bits per heavy atom. The number of sulfonamides is 1. The van der Waals surface area contributed by atoms with E-state index in [9.17, 15) is 13.2 Å². The minimum Gasteiger partial charge on any atom is -0.331 e. The van der Waals surface area contributed by atoms with E-state index >= 15 is 0 Å². The van der Waals surface area contributed by atoms with Gasteiger partial charge in [0, 0.05) is 29.6 Å². The molecule has 1 aliphatic carbocycles. The number of hydrogen-bond donors (Lipinski definition) is 0. The third-order valence-corrected chi connectivity index (χ3v) is 8.76. The molecule has 5 nitrogen and oxygen atoms in total. The average Bonchev–Trinajstić information content (AvgIpc) is 3.48. The molecule has 0 spiro atoms. The van der Waals surface area contributed by atoms with Crippen molar-refractivity contribution in [2.75, 3.05) is 13.1 Å². The van der Waals surface area contributed by atoms with Gasteiger partial charge in [-0.05, 0) is 55.3 Å². The summed E-state index contributed by atoms with van der Waals surface area (Å²) in [6, 6.07) is 8.86. The first-order chi connectivity index (χ1) is 14.0. The fraction of sp³-hybridized carbons (Fsp3) is 0.476. The van der Waals surface area contributed by atoms with Gasteiger partial charge in [0.1, 0.15) is 4.90 Å². The standard InChI is InChI=1S/C21H25ClN2O3S2/c22-19-10-7-16(14-20(19)29(26,27)23-11-3-1-2-4-12-23)21(25)24(17-8-9-17)15-18-6-5-13-28-18/h5-7,10,13-14,17H,1-4,8-9,11-12,15H2. The van der Waals surface area contributed by atoms with E-state index in [0.29, 0.717) is 25.2 Å². The van der Waals surface area contributed by atoms with Gasteiger partial charge in [0.05, 0.1) is 11.6 Å². The van der Waals surface area contributed by atoms with Crippen molar-refractivity contribution in [2.45, 2.75) is 56.0 Å². The van der Waals surface area contributed by atoms with Crippen LogP contribution in [0.25, 0.3) is 0 Å². The second kappa shape index (κ2) is 8.76. The molecule has 1 saturated carbocycles. The van der Waals surface area contributed by atoms with Crippen molar-refractivity contribution in [2.24, 2.45) is 0 Å². The molecule has 2 aromatic rings. The number of rotatable bonds is 6. The molecule has 0 N–H and O–H groups in total. The number of thiophene rings is 1.